The molecule has 0 amide bonds. The molecule has 2 nitrogen and oxygen atoms in total. The molecule has 2 N–H and O–H groups in total. The second kappa shape index (κ2) is 3.24. The van der Waals surface area contributed by atoms with Gasteiger partial charge in [0.15, 0.2) is 0 Å². The summed E-state index contributed by atoms with van der Waals surface area (Å²) in [5.74, 6) is 1.72. The molecule has 0 bridgehead atoms. The van der Waals surface area contributed by atoms with Crippen LogP contribution in [0.15, 0.2) is 18.2 Å². The number of rotatable bonds is 2. The molecule has 86 valence electrons. The van der Waals surface area contributed by atoms with Crippen molar-refractivity contribution in [1.82, 2.24) is 0 Å². The lowest BCUT2D eigenvalue weighted by Crippen LogP contribution is -2.07. The maximum absolute atomic E-state index is 6.08. The van der Waals surface area contributed by atoms with Gasteiger partial charge in [0.1, 0.15) is 5.75 Å². The first kappa shape index (κ1) is 10.2. The third-order valence-electron chi connectivity index (χ3n) is 4.35. The quantitative estimate of drug-likeness (QED) is 0.823. The molecule has 1 aliphatic carbocycles. The fourth-order valence-corrected chi connectivity index (χ4v) is 2.80. The molecule has 1 aromatic carbocycles. The minimum atomic E-state index is 0.329. The molecule has 0 saturated heterocycles. The Morgan fingerprint density at radius 1 is 1.44 bits per heavy atom. The number of ether oxygens (including phenoxy) is 1. The average molecular weight is 217 g/mol. The van der Waals surface area contributed by atoms with Crippen LogP contribution in [0.25, 0.3) is 0 Å². The normalized spacial score (nSPS) is 29.7. The first-order chi connectivity index (χ1) is 7.59. The standard InChI is InChI=1S/C14H19NO/c1-14(2)11(13(14)15)8-9-3-4-12-10(7-9)5-6-16-12/h3-4,7,11,13H,5-6,8,15H2,1-2H3/t11-,13-/m1/s1. The molecule has 16 heavy (non-hydrogen) atoms. The van der Waals surface area contributed by atoms with Crippen LogP contribution in [0.5, 0.6) is 5.75 Å². The third kappa shape index (κ3) is 1.44. The van der Waals surface area contributed by atoms with Crippen LogP contribution in [0.4, 0.5) is 0 Å². The van der Waals surface area contributed by atoms with Gasteiger partial charge in [0.2, 0.25) is 0 Å². The summed E-state index contributed by atoms with van der Waals surface area (Å²) in [4.78, 5) is 0. The van der Waals surface area contributed by atoms with Gasteiger partial charge in [-0.15, -0.1) is 0 Å². The van der Waals surface area contributed by atoms with Gasteiger partial charge in [0.05, 0.1) is 6.61 Å². The summed E-state index contributed by atoms with van der Waals surface area (Å²) in [5.41, 5.74) is 9.19. The summed E-state index contributed by atoms with van der Waals surface area (Å²) >= 11 is 0. The van der Waals surface area contributed by atoms with Crippen molar-refractivity contribution in [3.05, 3.63) is 29.3 Å². The maximum atomic E-state index is 6.08. The van der Waals surface area contributed by atoms with Crippen LogP contribution in [-0.2, 0) is 12.8 Å². The van der Waals surface area contributed by atoms with Gasteiger partial charge in [-0.2, -0.15) is 0 Å². The van der Waals surface area contributed by atoms with Crippen LogP contribution in [0.2, 0.25) is 0 Å². The topological polar surface area (TPSA) is 35.2 Å². The zero-order chi connectivity index (χ0) is 11.3. The van der Waals surface area contributed by atoms with E-state index < -0.39 is 0 Å². The Labute approximate surface area is 96.8 Å². The fourth-order valence-electron chi connectivity index (χ4n) is 2.80. The number of hydrogen-bond acceptors (Lipinski definition) is 2. The Kier molecular flexibility index (Phi) is 2.05. The van der Waals surface area contributed by atoms with Crippen LogP contribution in [0.3, 0.4) is 0 Å². The zero-order valence-electron chi connectivity index (χ0n) is 9.99. The summed E-state index contributed by atoms with van der Waals surface area (Å²) in [6, 6.07) is 6.96. The molecule has 0 radical (unpaired) electrons. The average Bonchev–Trinajstić information content (AvgIpc) is 2.69. The van der Waals surface area contributed by atoms with Gasteiger partial charge in [-0.3, -0.25) is 0 Å². The molecule has 0 aromatic heterocycles. The number of benzene rings is 1. The van der Waals surface area contributed by atoms with Crippen molar-refractivity contribution >= 4 is 0 Å². The van der Waals surface area contributed by atoms with E-state index in [1.165, 1.54) is 11.1 Å². The maximum Gasteiger partial charge on any atom is 0.122 e. The van der Waals surface area contributed by atoms with E-state index >= 15 is 0 Å². The van der Waals surface area contributed by atoms with Gasteiger partial charge in [-0.05, 0) is 34.9 Å². The van der Waals surface area contributed by atoms with E-state index in [0.29, 0.717) is 17.4 Å². The Morgan fingerprint density at radius 2 is 2.19 bits per heavy atom. The summed E-state index contributed by atoms with van der Waals surface area (Å²) in [7, 11) is 0. The van der Waals surface area contributed by atoms with E-state index in [1.54, 1.807) is 0 Å². The molecule has 2 aliphatic rings. The SMILES string of the molecule is CC1(C)[C@H](N)[C@H]1Cc1ccc2c(c1)CCO2. The molecule has 0 unspecified atom stereocenters. The van der Waals surface area contributed by atoms with Crippen molar-refractivity contribution in [3.8, 4) is 5.75 Å². The Balaban J connectivity index is 1.77. The number of hydrogen-bond donors (Lipinski definition) is 1. The van der Waals surface area contributed by atoms with Crippen LogP contribution < -0.4 is 10.5 Å². The molecule has 2 heteroatoms. The van der Waals surface area contributed by atoms with Gasteiger partial charge in [-0.1, -0.05) is 26.0 Å². The lowest BCUT2D eigenvalue weighted by Gasteiger charge is -2.05. The Morgan fingerprint density at radius 3 is 2.88 bits per heavy atom. The van der Waals surface area contributed by atoms with E-state index in [4.69, 9.17) is 10.5 Å². The summed E-state index contributed by atoms with van der Waals surface area (Å²) in [5, 5.41) is 0. The van der Waals surface area contributed by atoms with Crippen LogP contribution >= 0.6 is 0 Å². The molecule has 3 rings (SSSR count). The molecule has 2 atom stereocenters. The minimum Gasteiger partial charge on any atom is -0.493 e. The highest BCUT2D eigenvalue weighted by Crippen LogP contribution is 2.52. The summed E-state index contributed by atoms with van der Waals surface area (Å²) in [6.07, 6.45) is 2.17. The molecule has 1 aromatic rings. The Hall–Kier alpha value is -1.02. The van der Waals surface area contributed by atoms with Crippen molar-refractivity contribution in [2.24, 2.45) is 17.1 Å². The van der Waals surface area contributed by atoms with Crippen molar-refractivity contribution < 1.29 is 4.74 Å². The van der Waals surface area contributed by atoms with E-state index in [-0.39, 0.29) is 0 Å². The van der Waals surface area contributed by atoms with E-state index in [0.717, 1.165) is 25.2 Å². The summed E-state index contributed by atoms with van der Waals surface area (Å²) < 4.78 is 5.51. The van der Waals surface area contributed by atoms with Gasteiger partial charge in [0.25, 0.3) is 0 Å². The van der Waals surface area contributed by atoms with E-state index in [9.17, 15) is 0 Å². The van der Waals surface area contributed by atoms with E-state index in [1.807, 2.05) is 0 Å². The van der Waals surface area contributed by atoms with Gasteiger partial charge >= 0.3 is 0 Å². The van der Waals surface area contributed by atoms with Crippen molar-refractivity contribution in [2.45, 2.75) is 32.7 Å². The molecule has 1 fully saturated rings. The smallest absolute Gasteiger partial charge is 0.122 e. The Bertz CT molecular complexity index is 425. The van der Waals surface area contributed by atoms with Crippen LogP contribution in [-0.4, -0.2) is 12.6 Å². The highest BCUT2D eigenvalue weighted by Gasteiger charge is 2.54. The minimum absolute atomic E-state index is 0.329. The van der Waals surface area contributed by atoms with Crippen LogP contribution in [0.1, 0.15) is 25.0 Å². The predicted octanol–water partition coefficient (Wildman–Crippen LogP) is 2.15. The number of fused-ring (bicyclic) bond motifs is 1. The molecule has 1 saturated carbocycles. The van der Waals surface area contributed by atoms with E-state index in [2.05, 4.69) is 32.0 Å². The molecular weight excluding hydrogens is 198 g/mol. The largest absolute Gasteiger partial charge is 0.493 e. The van der Waals surface area contributed by atoms with Gasteiger partial charge in [-0.25, -0.2) is 0 Å². The second-order valence-corrected chi connectivity index (χ2v) is 5.70. The molecule has 1 heterocycles. The number of nitrogens with two attached hydrogens (primary N) is 1. The monoisotopic (exact) mass is 217 g/mol. The second-order valence-electron chi connectivity index (χ2n) is 5.70. The first-order valence-electron chi connectivity index (χ1n) is 6.09. The third-order valence-corrected chi connectivity index (χ3v) is 4.35. The van der Waals surface area contributed by atoms with Gasteiger partial charge < -0.3 is 10.5 Å². The molecule has 0 spiro atoms. The van der Waals surface area contributed by atoms with Gasteiger partial charge in [0, 0.05) is 12.5 Å². The zero-order valence-corrected chi connectivity index (χ0v) is 9.99. The van der Waals surface area contributed by atoms with Crippen LogP contribution in [0, 0.1) is 11.3 Å². The highest BCUT2D eigenvalue weighted by molar-refractivity contribution is 5.40. The molecule has 1 aliphatic heterocycles. The lowest BCUT2D eigenvalue weighted by molar-refractivity contribution is 0.357. The van der Waals surface area contributed by atoms with Crippen molar-refractivity contribution in [3.63, 3.8) is 0 Å². The summed E-state index contributed by atoms with van der Waals surface area (Å²) in [6.45, 7) is 5.37. The fraction of sp³-hybridized carbons (Fsp3) is 0.571. The molecular formula is C14H19NO. The highest BCUT2D eigenvalue weighted by atomic mass is 16.5. The van der Waals surface area contributed by atoms with Crippen molar-refractivity contribution in [1.29, 1.82) is 0 Å². The predicted molar refractivity (Wildman–Crippen MR) is 64.6 cm³/mol. The van der Waals surface area contributed by atoms with Crippen molar-refractivity contribution in [2.75, 3.05) is 6.61 Å². The lowest BCUT2D eigenvalue weighted by atomic mass is 10.0. The first-order valence-corrected chi connectivity index (χ1v) is 6.09.